The van der Waals surface area contributed by atoms with Crippen LogP contribution in [-0.4, -0.2) is 42.5 Å². The zero-order chi connectivity index (χ0) is 14.6. The van der Waals surface area contributed by atoms with Crippen LogP contribution in [0, 0.1) is 11.8 Å². The molecule has 0 radical (unpaired) electrons. The van der Waals surface area contributed by atoms with Crippen LogP contribution in [0.15, 0.2) is 0 Å². The lowest BCUT2D eigenvalue weighted by Gasteiger charge is -2.35. The molecule has 1 amide bonds. The molecule has 1 aliphatic heterocycles. The van der Waals surface area contributed by atoms with Gasteiger partial charge in [-0.1, -0.05) is 26.7 Å². The van der Waals surface area contributed by atoms with Gasteiger partial charge in [-0.15, -0.1) is 0 Å². The van der Waals surface area contributed by atoms with Gasteiger partial charge in [-0.25, -0.2) is 0 Å². The summed E-state index contributed by atoms with van der Waals surface area (Å²) in [7, 11) is 0. The van der Waals surface area contributed by atoms with E-state index in [0.717, 1.165) is 32.4 Å². The number of nitrogens with two attached hydrogens (primary N) is 1. The third-order valence-corrected chi connectivity index (χ3v) is 4.86. The van der Waals surface area contributed by atoms with Crippen LogP contribution in [-0.2, 0) is 4.79 Å². The van der Waals surface area contributed by atoms with E-state index in [1.165, 1.54) is 32.4 Å². The highest BCUT2D eigenvalue weighted by atomic mass is 16.2. The Hall–Kier alpha value is -0.610. The fraction of sp³-hybridized carbons (Fsp3) is 0.938. The second-order valence-electron chi connectivity index (χ2n) is 7.18. The molecule has 2 aliphatic rings. The van der Waals surface area contributed by atoms with E-state index in [2.05, 4.69) is 24.1 Å². The molecular formula is C16H31N3O. The number of rotatable bonds is 5. The van der Waals surface area contributed by atoms with Crippen LogP contribution in [0.1, 0.15) is 52.4 Å². The van der Waals surface area contributed by atoms with Crippen LogP contribution in [0.3, 0.4) is 0 Å². The fourth-order valence-corrected chi connectivity index (χ4v) is 3.71. The van der Waals surface area contributed by atoms with Gasteiger partial charge in [0.2, 0.25) is 5.91 Å². The van der Waals surface area contributed by atoms with Gasteiger partial charge in [0, 0.05) is 13.1 Å². The standard InChI is InChI=1S/C16H31N3O/c1-13-6-5-7-16(17,10-13)15(20)18-11-14(2)12-19-8-3-4-9-19/h13-14H,3-12,17H2,1-2H3,(H,18,20). The highest BCUT2D eigenvalue weighted by Crippen LogP contribution is 2.30. The molecule has 3 atom stereocenters. The van der Waals surface area contributed by atoms with E-state index in [-0.39, 0.29) is 5.91 Å². The molecule has 0 aromatic carbocycles. The minimum absolute atomic E-state index is 0.0670. The number of hydrogen-bond donors (Lipinski definition) is 2. The van der Waals surface area contributed by atoms with Crippen molar-refractivity contribution < 1.29 is 4.79 Å². The summed E-state index contributed by atoms with van der Waals surface area (Å²) in [6.07, 6.45) is 6.60. The summed E-state index contributed by atoms with van der Waals surface area (Å²) >= 11 is 0. The number of carbonyl (C=O) groups excluding carboxylic acids is 1. The second kappa shape index (κ2) is 6.90. The van der Waals surface area contributed by atoms with E-state index in [9.17, 15) is 4.79 Å². The molecular weight excluding hydrogens is 250 g/mol. The topological polar surface area (TPSA) is 58.4 Å². The Bertz CT molecular complexity index is 328. The number of nitrogens with zero attached hydrogens (tertiary/aromatic N) is 1. The number of nitrogens with one attached hydrogen (secondary N) is 1. The normalized spacial score (nSPS) is 33.0. The molecule has 1 saturated heterocycles. The third-order valence-electron chi connectivity index (χ3n) is 4.86. The van der Waals surface area contributed by atoms with Crippen LogP contribution >= 0.6 is 0 Å². The van der Waals surface area contributed by atoms with E-state index in [4.69, 9.17) is 5.73 Å². The zero-order valence-electron chi connectivity index (χ0n) is 13.2. The number of amides is 1. The van der Waals surface area contributed by atoms with Gasteiger partial charge in [0.15, 0.2) is 0 Å². The van der Waals surface area contributed by atoms with Gasteiger partial charge in [0.25, 0.3) is 0 Å². The van der Waals surface area contributed by atoms with Crippen LogP contribution in [0.2, 0.25) is 0 Å². The van der Waals surface area contributed by atoms with Crippen molar-refractivity contribution in [2.24, 2.45) is 17.6 Å². The third kappa shape index (κ3) is 4.19. The molecule has 4 heteroatoms. The summed E-state index contributed by atoms with van der Waals surface area (Å²) in [4.78, 5) is 14.9. The van der Waals surface area contributed by atoms with Gasteiger partial charge >= 0.3 is 0 Å². The maximum absolute atomic E-state index is 12.4. The summed E-state index contributed by atoms with van der Waals surface area (Å²) in [5.41, 5.74) is 5.70. The Morgan fingerprint density at radius 2 is 2.10 bits per heavy atom. The maximum Gasteiger partial charge on any atom is 0.240 e. The first-order chi connectivity index (χ1) is 9.49. The lowest BCUT2D eigenvalue weighted by Crippen LogP contribution is -2.57. The van der Waals surface area contributed by atoms with Gasteiger partial charge in [0.05, 0.1) is 5.54 Å². The fourth-order valence-electron chi connectivity index (χ4n) is 3.71. The molecule has 20 heavy (non-hydrogen) atoms. The van der Waals surface area contributed by atoms with Gasteiger partial charge < -0.3 is 16.0 Å². The Balaban J connectivity index is 1.73. The summed E-state index contributed by atoms with van der Waals surface area (Å²) in [5, 5.41) is 3.10. The quantitative estimate of drug-likeness (QED) is 0.807. The first kappa shape index (κ1) is 15.8. The van der Waals surface area contributed by atoms with Crippen LogP contribution in [0.5, 0.6) is 0 Å². The van der Waals surface area contributed by atoms with Crippen LogP contribution in [0.25, 0.3) is 0 Å². The minimum Gasteiger partial charge on any atom is -0.354 e. The highest BCUT2D eigenvalue weighted by Gasteiger charge is 2.37. The summed E-state index contributed by atoms with van der Waals surface area (Å²) in [5.74, 6) is 1.14. The minimum atomic E-state index is -0.620. The summed E-state index contributed by atoms with van der Waals surface area (Å²) in [6.45, 7) is 8.69. The molecule has 2 fully saturated rings. The van der Waals surface area contributed by atoms with Crippen molar-refractivity contribution in [3.8, 4) is 0 Å². The first-order valence-corrected chi connectivity index (χ1v) is 8.29. The van der Waals surface area contributed by atoms with Crippen molar-refractivity contribution in [2.45, 2.75) is 57.9 Å². The summed E-state index contributed by atoms with van der Waals surface area (Å²) in [6, 6.07) is 0. The smallest absolute Gasteiger partial charge is 0.240 e. The van der Waals surface area contributed by atoms with Crippen molar-refractivity contribution in [3.05, 3.63) is 0 Å². The van der Waals surface area contributed by atoms with Gasteiger partial charge in [-0.3, -0.25) is 4.79 Å². The highest BCUT2D eigenvalue weighted by molar-refractivity contribution is 5.86. The largest absolute Gasteiger partial charge is 0.354 e. The SMILES string of the molecule is CC(CNC(=O)C1(N)CCCC(C)C1)CN1CCCC1. The molecule has 0 aromatic heterocycles. The molecule has 0 spiro atoms. The Labute approximate surface area is 123 Å². The molecule has 1 aliphatic carbocycles. The molecule has 3 N–H and O–H groups in total. The summed E-state index contributed by atoms with van der Waals surface area (Å²) < 4.78 is 0. The molecule has 2 rings (SSSR count). The number of likely N-dealkylation sites (tertiary alicyclic amines) is 1. The van der Waals surface area contributed by atoms with Crippen molar-refractivity contribution in [2.75, 3.05) is 26.2 Å². The molecule has 3 unspecified atom stereocenters. The van der Waals surface area contributed by atoms with Crippen molar-refractivity contribution in [3.63, 3.8) is 0 Å². The Morgan fingerprint density at radius 1 is 1.40 bits per heavy atom. The monoisotopic (exact) mass is 281 g/mol. The predicted octanol–water partition coefficient (Wildman–Crippen LogP) is 1.74. The lowest BCUT2D eigenvalue weighted by molar-refractivity contribution is -0.128. The molecule has 1 heterocycles. The molecule has 4 nitrogen and oxygen atoms in total. The van der Waals surface area contributed by atoms with Crippen LogP contribution < -0.4 is 11.1 Å². The van der Waals surface area contributed by atoms with Crippen LogP contribution in [0.4, 0.5) is 0 Å². The molecule has 0 aromatic rings. The van der Waals surface area contributed by atoms with E-state index in [1.807, 2.05) is 0 Å². The Kier molecular flexibility index (Phi) is 5.44. The lowest BCUT2D eigenvalue weighted by atomic mass is 9.76. The maximum atomic E-state index is 12.4. The van der Waals surface area contributed by atoms with E-state index < -0.39 is 5.54 Å². The van der Waals surface area contributed by atoms with E-state index in [0.29, 0.717) is 11.8 Å². The van der Waals surface area contributed by atoms with E-state index in [1.54, 1.807) is 0 Å². The first-order valence-electron chi connectivity index (χ1n) is 8.29. The molecule has 116 valence electrons. The van der Waals surface area contributed by atoms with Crippen molar-refractivity contribution in [1.82, 2.24) is 10.2 Å². The second-order valence-corrected chi connectivity index (χ2v) is 7.18. The van der Waals surface area contributed by atoms with Crippen molar-refractivity contribution >= 4 is 5.91 Å². The number of carbonyl (C=O) groups is 1. The van der Waals surface area contributed by atoms with Gasteiger partial charge in [-0.05, 0) is 50.6 Å². The predicted molar refractivity (Wildman–Crippen MR) is 82.4 cm³/mol. The number of hydrogen-bond acceptors (Lipinski definition) is 3. The zero-order valence-corrected chi connectivity index (χ0v) is 13.2. The molecule has 1 saturated carbocycles. The van der Waals surface area contributed by atoms with Gasteiger partial charge in [-0.2, -0.15) is 0 Å². The Morgan fingerprint density at radius 3 is 2.75 bits per heavy atom. The molecule has 0 bridgehead atoms. The average Bonchev–Trinajstić information content (AvgIpc) is 2.88. The van der Waals surface area contributed by atoms with Gasteiger partial charge in [0.1, 0.15) is 0 Å². The van der Waals surface area contributed by atoms with Crippen molar-refractivity contribution in [1.29, 1.82) is 0 Å². The average molecular weight is 281 g/mol. The van der Waals surface area contributed by atoms with E-state index >= 15 is 0 Å².